The third-order valence-corrected chi connectivity index (χ3v) is 7.14. The first-order valence-electron chi connectivity index (χ1n) is 11.9. The zero-order chi connectivity index (χ0) is 27.1. The summed E-state index contributed by atoms with van der Waals surface area (Å²) in [6.07, 6.45) is 1.43. The molecule has 38 heavy (non-hydrogen) atoms. The number of fused-ring (bicyclic) bond motifs is 1. The summed E-state index contributed by atoms with van der Waals surface area (Å²) in [6.45, 7) is 4.76. The van der Waals surface area contributed by atoms with Crippen molar-refractivity contribution in [2.45, 2.75) is 18.7 Å². The van der Waals surface area contributed by atoms with Crippen molar-refractivity contribution in [1.29, 1.82) is 0 Å². The number of amides is 1. The van der Waals surface area contributed by atoms with Crippen LogP contribution < -0.4 is 23.9 Å². The molecule has 0 radical (unpaired) electrons. The summed E-state index contributed by atoms with van der Waals surface area (Å²) in [4.78, 5) is 12.6. The molecule has 1 heterocycles. The van der Waals surface area contributed by atoms with Crippen molar-refractivity contribution in [3.63, 3.8) is 0 Å². The van der Waals surface area contributed by atoms with Gasteiger partial charge in [0.1, 0.15) is 31.3 Å². The van der Waals surface area contributed by atoms with E-state index in [9.17, 15) is 17.6 Å². The Hall–Kier alpha value is -4.12. The first-order chi connectivity index (χ1) is 18.2. The average Bonchev–Trinajstić information content (AvgIpc) is 2.91. The van der Waals surface area contributed by atoms with E-state index in [0.717, 1.165) is 22.2 Å². The van der Waals surface area contributed by atoms with Crippen molar-refractivity contribution in [3.8, 4) is 17.2 Å². The van der Waals surface area contributed by atoms with Crippen LogP contribution in [-0.2, 0) is 14.8 Å². The van der Waals surface area contributed by atoms with E-state index in [1.807, 2.05) is 0 Å². The summed E-state index contributed by atoms with van der Waals surface area (Å²) >= 11 is 0. The van der Waals surface area contributed by atoms with Crippen LogP contribution in [0.4, 0.5) is 10.1 Å². The fourth-order valence-corrected chi connectivity index (χ4v) is 4.93. The van der Waals surface area contributed by atoms with E-state index in [0.29, 0.717) is 30.4 Å². The fourth-order valence-electron chi connectivity index (χ4n) is 3.49. The number of nitrogens with one attached hydrogen (secondary N) is 1. The van der Waals surface area contributed by atoms with E-state index in [1.165, 1.54) is 36.5 Å². The van der Waals surface area contributed by atoms with E-state index in [-0.39, 0.29) is 22.9 Å². The van der Waals surface area contributed by atoms with Gasteiger partial charge < -0.3 is 14.2 Å². The smallest absolute Gasteiger partial charge is 0.264 e. The Balaban J connectivity index is 1.49. The van der Waals surface area contributed by atoms with Crippen molar-refractivity contribution < 1.29 is 31.8 Å². The minimum absolute atomic E-state index is 0.109. The number of hydrogen-bond donors (Lipinski definition) is 1. The lowest BCUT2D eigenvalue weighted by molar-refractivity contribution is -0.119. The molecule has 1 amide bonds. The number of ether oxygens (including phenoxy) is 3. The third kappa shape index (κ3) is 6.80. The van der Waals surface area contributed by atoms with Crippen molar-refractivity contribution in [2.75, 3.05) is 30.7 Å². The molecular weight excluding hydrogens is 513 g/mol. The molecule has 3 aromatic rings. The van der Waals surface area contributed by atoms with Gasteiger partial charge in [-0.2, -0.15) is 5.10 Å². The molecule has 0 aromatic heterocycles. The molecule has 1 aliphatic heterocycles. The summed E-state index contributed by atoms with van der Waals surface area (Å²) in [5.74, 6) is 0.600. The maximum absolute atomic E-state index is 13.6. The van der Waals surface area contributed by atoms with Crippen molar-refractivity contribution in [3.05, 3.63) is 78.1 Å². The summed E-state index contributed by atoms with van der Waals surface area (Å²) in [5, 5.41) is 3.94. The lowest BCUT2D eigenvalue weighted by Gasteiger charge is -2.25. The van der Waals surface area contributed by atoms with Crippen LogP contribution >= 0.6 is 0 Å². The molecule has 4 rings (SSSR count). The maximum Gasteiger partial charge on any atom is 0.264 e. The minimum atomic E-state index is -4.24. The summed E-state index contributed by atoms with van der Waals surface area (Å²) in [6, 6.07) is 16.1. The van der Waals surface area contributed by atoms with Crippen LogP contribution in [0, 0.1) is 11.7 Å². The molecule has 0 bridgehead atoms. The molecule has 11 heteroatoms. The lowest BCUT2D eigenvalue weighted by atomic mass is 10.2. The van der Waals surface area contributed by atoms with E-state index < -0.39 is 28.3 Å². The number of rotatable bonds is 10. The van der Waals surface area contributed by atoms with Gasteiger partial charge in [0, 0.05) is 6.07 Å². The van der Waals surface area contributed by atoms with E-state index >= 15 is 0 Å². The Morgan fingerprint density at radius 3 is 2.42 bits per heavy atom. The van der Waals surface area contributed by atoms with Gasteiger partial charge in [0.15, 0.2) is 11.5 Å². The molecule has 0 unspecified atom stereocenters. The normalized spacial score (nSPS) is 12.9. The monoisotopic (exact) mass is 541 g/mol. The number of carbonyl (C=O) groups excluding carboxylic acids is 1. The highest BCUT2D eigenvalue weighted by Gasteiger charge is 2.29. The molecule has 9 nitrogen and oxygen atoms in total. The molecule has 1 N–H and O–H groups in total. The van der Waals surface area contributed by atoms with Gasteiger partial charge in [-0.3, -0.25) is 9.10 Å². The Bertz CT molecular complexity index is 1390. The highest BCUT2D eigenvalue weighted by Crippen LogP contribution is 2.34. The quantitative estimate of drug-likeness (QED) is 0.308. The largest absolute Gasteiger partial charge is 0.493 e. The topological polar surface area (TPSA) is 107 Å². The van der Waals surface area contributed by atoms with E-state index in [2.05, 4.69) is 24.4 Å². The molecule has 3 aromatic carbocycles. The summed E-state index contributed by atoms with van der Waals surface area (Å²) in [7, 11) is -4.24. The number of benzene rings is 3. The van der Waals surface area contributed by atoms with Gasteiger partial charge in [0.25, 0.3) is 15.9 Å². The Labute approximate surface area is 220 Å². The first kappa shape index (κ1) is 26.9. The second kappa shape index (κ2) is 12.0. The van der Waals surface area contributed by atoms with E-state index in [1.54, 1.807) is 24.3 Å². The van der Waals surface area contributed by atoms with Gasteiger partial charge in [-0.1, -0.05) is 13.8 Å². The minimum Gasteiger partial charge on any atom is -0.493 e. The Morgan fingerprint density at radius 1 is 1.05 bits per heavy atom. The van der Waals surface area contributed by atoms with Gasteiger partial charge >= 0.3 is 0 Å². The van der Waals surface area contributed by atoms with Gasteiger partial charge in [0.05, 0.1) is 23.4 Å². The number of sulfonamides is 1. The predicted octanol–water partition coefficient (Wildman–Crippen LogP) is 3.98. The van der Waals surface area contributed by atoms with Gasteiger partial charge in [-0.15, -0.1) is 0 Å². The molecule has 0 atom stereocenters. The van der Waals surface area contributed by atoms with Crippen LogP contribution in [0.1, 0.15) is 19.4 Å². The standard InChI is InChI=1S/C27H28FN3O6S/c1-19(2)18-37-23-9-3-20(4-10-23)16-29-30-27(32)17-31(22-7-5-21(28)6-8-22)38(33,34)24-11-12-25-26(15-24)36-14-13-35-25/h3-12,15-16,19H,13-14,17-18H2,1-2H3,(H,30,32)/b29-16-. The Kier molecular flexibility index (Phi) is 8.47. The molecule has 0 aliphatic carbocycles. The second-order valence-electron chi connectivity index (χ2n) is 8.86. The maximum atomic E-state index is 13.6. The zero-order valence-corrected chi connectivity index (χ0v) is 21.8. The summed E-state index contributed by atoms with van der Waals surface area (Å²) < 4.78 is 58.2. The second-order valence-corrected chi connectivity index (χ2v) is 10.7. The van der Waals surface area contributed by atoms with Crippen LogP contribution in [0.3, 0.4) is 0 Å². The average molecular weight is 542 g/mol. The molecule has 0 saturated carbocycles. The van der Waals surface area contributed by atoms with E-state index in [4.69, 9.17) is 14.2 Å². The first-order valence-corrected chi connectivity index (χ1v) is 13.4. The number of carbonyl (C=O) groups is 1. The SMILES string of the molecule is CC(C)COc1ccc(/C=N\NC(=O)CN(c2ccc(F)cc2)S(=O)(=O)c2ccc3c(c2)OCCO3)cc1. The molecule has 1 aliphatic rings. The molecule has 0 saturated heterocycles. The third-order valence-electron chi connectivity index (χ3n) is 5.37. The Morgan fingerprint density at radius 2 is 1.74 bits per heavy atom. The zero-order valence-electron chi connectivity index (χ0n) is 21.0. The van der Waals surface area contributed by atoms with Crippen LogP contribution in [0.25, 0.3) is 0 Å². The lowest BCUT2D eigenvalue weighted by Crippen LogP contribution is -2.39. The van der Waals surface area contributed by atoms with Crippen LogP contribution in [0.5, 0.6) is 17.2 Å². The number of anilines is 1. The van der Waals surface area contributed by atoms with Gasteiger partial charge in [-0.25, -0.2) is 18.2 Å². The van der Waals surface area contributed by atoms with Crippen LogP contribution in [-0.4, -0.2) is 46.9 Å². The highest BCUT2D eigenvalue weighted by atomic mass is 32.2. The van der Waals surface area contributed by atoms with Gasteiger partial charge in [0.2, 0.25) is 0 Å². The summed E-state index contributed by atoms with van der Waals surface area (Å²) in [5.41, 5.74) is 3.16. The number of hydrogen-bond acceptors (Lipinski definition) is 7. The molecule has 200 valence electrons. The number of nitrogens with zero attached hydrogens (tertiary/aromatic N) is 2. The number of halogens is 1. The van der Waals surface area contributed by atoms with Crippen molar-refractivity contribution in [2.24, 2.45) is 11.0 Å². The van der Waals surface area contributed by atoms with Crippen LogP contribution in [0.15, 0.2) is 76.7 Å². The molecule has 0 spiro atoms. The van der Waals surface area contributed by atoms with Gasteiger partial charge in [-0.05, 0) is 72.1 Å². The van der Waals surface area contributed by atoms with Crippen molar-refractivity contribution >= 4 is 27.8 Å². The molecule has 0 fully saturated rings. The highest BCUT2D eigenvalue weighted by molar-refractivity contribution is 7.92. The predicted molar refractivity (Wildman–Crippen MR) is 141 cm³/mol. The van der Waals surface area contributed by atoms with Crippen LogP contribution in [0.2, 0.25) is 0 Å². The fraction of sp³-hybridized carbons (Fsp3) is 0.259. The van der Waals surface area contributed by atoms with Crippen molar-refractivity contribution in [1.82, 2.24) is 5.43 Å². The molecular formula is C27H28FN3O6S. The number of hydrazone groups is 1.